The summed E-state index contributed by atoms with van der Waals surface area (Å²) in [6.45, 7) is 0.797. The fourth-order valence-electron chi connectivity index (χ4n) is 3.60. The first kappa shape index (κ1) is 17.9. The first-order chi connectivity index (χ1) is 14.8. The van der Waals surface area contributed by atoms with Crippen molar-refractivity contribution in [2.24, 2.45) is 0 Å². The van der Waals surface area contributed by atoms with E-state index in [-0.39, 0.29) is 5.75 Å². The number of phenolic OH excluding ortho intramolecular Hbond substituents is 1. The van der Waals surface area contributed by atoms with Gasteiger partial charge in [-0.2, -0.15) is 0 Å². The number of aromatic nitrogens is 3. The van der Waals surface area contributed by atoms with Crippen molar-refractivity contribution >= 4 is 22.5 Å². The van der Waals surface area contributed by atoms with E-state index < -0.39 is 0 Å². The van der Waals surface area contributed by atoms with Gasteiger partial charge < -0.3 is 15.0 Å². The van der Waals surface area contributed by atoms with Gasteiger partial charge in [0, 0.05) is 41.1 Å². The third-order valence-electron chi connectivity index (χ3n) is 5.04. The number of phenols is 1. The van der Waals surface area contributed by atoms with Crippen molar-refractivity contribution in [3.05, 3.63) is 103 Å². The Morgan fingerprint density at radius 1 is 0.833 bits per heavy atom. The summed E-state index contributed by atoms with van der Waals surface area (Å²) in [6.07, 6.45) is 3.92. The molecule has 0 aliphatic rings. The van der Waals surface area contributed by atoms with Crippen LogP contribution in [0, 0.1) is 0 Å². The van der Waals surface area contributed by atoms with E-state index in [1.807, 2.05) is 12.1 Å². The average Bonchev–Trinajstić information content (AvgIpc) is 3.15. The van der Waals surface area contributed by atoms with Crippen LogP contribution in [0.1, 0.15) is 5.56 Å². The highest BCUT2D eigenvalue weighted by Crippen LogP contribution is 2.30. The second-order valence-corrected chi connectivity index (χ2v) is 7.11. The van der Waals surface area contributed by atoms with Gasteiger partial charge in [-0.05, 0) is 42.0 Å². The summed E-state index contributed by atoms with van der Waals surface area (Å²) in [5, 5.41) is 13.8. The Morgan fingerprint density at radius 2 is 1.60 bits per heavy atom. The standard InChI is InChI=1S/C25H20N4O/c30-20-12-10-19(11-13-20)27-25-26-15-14-23(28-25)22-17-29(16-18-6-2-1-3-7-18)24-9-5-4-8-21(22)24/h1-15,17,30H,16H2,(H,26,27,28). The number of aromatic hydroxyl groups is 1. The van der Waals surface area contributed by atoms with Gasteiger partial charge in [0.05, 0.1) is 5.69 Å². The van der Waals surface area contributed by atoms with Crippen molar-refractivity contribution < 1.29 is 5.11 Å². The van der Waals surface area contributed by atoms with Gasteiger partial charge in [-0.25, -0.2) is 9.97 Å². The molecule has 0 amide bonds. The van der Waals surface area contributed by atoms with E-state index in [9.17, 15) is 5.11 Å². The summed E-state index contributed by atoms with van der Waals surface area (Å²) in [5.74, 6) is 0.736. The maximum Gasteiger partial charge on any atom is 0.227 e. The molecule has 5 nitrogen and oxygen atoms in total. The summed E-state index contributed by atoms with van der Waals surface area (Å²) in [5.41, 5.74) is 5.16. The van der Waals surface area contributed by atoms with Gasteiger partial charge in [-0.15, -0.1) is 0 Å². The lowest BCUT2D eigenvalue weighted by atomic mass is 10.1. The molecular weight excluding hydrogens is 372 g/mol. The smallest absolute Gasteiger partial charge is 0.227 e. The Morgan fingerprint density at radius 3 is 2.43 bits per heavy atom. The predicted octanol–water partition coefficient (Wildman–Crippen LogP) is 5.60. The van der Waals surface area contributed by atoms with Crippen LogP contribution < -0.4 is 5.32 Å². The second-order valence-electron chi connectivity index (χ2n) is 7.11. The molecule has 30 heavy (non-hydrogen) atoms. The van der Waals surface area contributed by atoms with E-state index >= 15 is 0 Å². The van der Waals surface area contributed by atoms with Crippen LogP contribution in [0.5, 0.6) is 5.75 Å². The second kappa shape index (κ2) is 7.72. The zero-order chi connectivity index (χ0) is 20.3. The van der Waals surface area contributed by atoms with Crippen LogP contribution in [0.25, 0.3) is 22.2 Å². The average molecular weight is 392 g/mol. The molecule has 5 heteroatoms. The summed E-state index contributed by atoms with van der Waals surface area (Å²) < 4.78 is 2.26. The highest BCUT2D eigenvalue weighted by molar-refractivity contribution is 5.95. The molecule has 0 radical (unpaired) electrons. The Labute approximate surface area is 174 Å². The molecule has 146 valence electrons. The van der Waals surface area contributed by atoms with Crippen molar-refractivity contribution in [1.82, 2.24) is 14.5 Å². The molecule has 0 fully saturated rings. The zero-order valence-electron chi connectivity index (χ0n) is 16.2. The molecule has 0 saturated carbocycles. The van der Waals surface area contributed by atoms with Gasteiger partial charge in [0.15, 0.2) is 0 Å². The lowest BCUT2D eigenvalue weighted by Crippen LogP contribution is -1.98. The van der Waals surface area contributed by atoms with Crippen LogP contribution in [0.15, 0.2) is 97.3 Å². The molecule has 5 aromatic rings. The molecule has 2 N–H and O–H groups in total. The minimum atomic E-state index is 0.224. The molecule has 0 saturated heterocycles. The highest BCUT2D eigenvalue weighted by Gasteiger charge is 2.12. The topological polar surface area (TPSA) is 63.0 Å². The van der Waals surface area contributed by atoms with Gasteiger partial charge in [-0.3, -0.25) is 0 Å². The third kappa shape index (κ3) is 3.61. The van der Waals surface area contributed by atoms with E-state index in [2.05, 4.69) is 69.6 Å². The Balaban J connectivity index is 1.52. The monoisotopic (exact) mass is 392 g/mol. The molecular formula is C25H20N4O. The van der Waals surface area contributed by atoms with Gasteiger partial charge in [0.25, 0.3) is 0 Å². The minimum Gasteiger partial charge on any atom is -0.508 e. The Hall–Kier alpha value is -4.12. The predicted molar refractivity (Wildman–Crippen MR) is 120 cm³/mol. The van der Waals surface area contributed by atoms with Crippen molar-refractivity contribution in [2.45, 2.75) is 6.54 Å². The van der Waals surface area contributed by atoms with Crippen molar-refractivity contribution in [3.63, 3.8) is 0 Å². The molecule has 0 unspecified atom stereocenters. The minimum absolute atomic E-state index is 0.224. The van der Waals surface area contributed by atoms with E-state index in [4.69, 9.17) is 4.98 Å². The SMILES string of the molecule is Oc1ccc(Nc2nccc(-c3cn(Cc4ccccc4)c4ccccc34)n2)cc1. The van der Waals surface area contributed by atoms with E-state index in [0.717, 1.165) is 28.9 Å². The number of nitrogens with one attached hydrogen (secondary N) is 1. The van der Waals surface area contributed by atoms with Crippen molar-refractivity contribution in [2.75, 3.05) is 5.32 Å². The lowest BCUT2D eigenvalue weighted by molar-refractivity contribution is 0.475. The van der Waals surface area contributed by atoms with E-state index in [1.54, 1.807) is 30.5 Å². The normalized spacial score (nSPS) is 10.9. The number of fused-ring (bicyclic) bond motifs is 1. The molecule has 3 aromatic carbocycles. The van der Waals surface area contributed by atoms with E-state index in [0.29, 0.717) is 5.95 Å². The molecule has 0 bridgehead atoms. The first-order valence-corrected chi connectivity index (χ1v) is 9.77. The lowest BCUT2D eigenvalue weighted by Gasteiger charge is -2.06. The summed E-state index contributed by atoms with van der Waals surface area (Å²) in [6, 6.07) is 27.6. The summed E-state index contributed by atoms with van der Waals surface area (Å²) in [7, 11) is 0. The van der Waals surface area contributed by atoms with Crippen molar-refractivity contribution in [3.8, 4) is 17.0 Å². The summed E-state index contributed by atoms with van der Waals surface area (Å²) >= 11 is 0. The largest absolute Gasteiger partial charge is 0.508 e. The van der Waals surface area contributed by atoms with Crippen LogP contribution >= 0.6 is 0 Å². The quantitative estimate of drug-likeness (QED) is 0.382. The number of benzene rings is 3. The van der Waals surface area contributed by atoms with Gasteiger partial charge in [-0.1, -0.05) is 48.5 Å². The molecule has 5 rings (SSSR count). The van der Waals surface area contributed by atoms with Crippen LogP contribution in [-0.2, 0) is 6.54 Å². The Bertz CT molecular complexity index is 1290. The third-order valence-corrected chi connectivity index (χ3v) is 5.04. The number of rotatable bonds is 5. The Kier molecular flexibility index (Phi) is 4.62. The molecule has 0 spiro atoms. The number of para-hydroxylation sites is 1. The van der Waals surface area contributed by atoms with E-state index in [1.165, 1.54) is 11.1 Å². The maximum absolute atomic E-state index is 9.46. The number of hydrogen-bond donors (Lipinski definition) is 2. The van der Waals surface area contributed by atoms with Gasteiger partial charge in [0.1, 0.15) is 5.75 Å². The molecule has 0 aliphatic carbocycles. The molecule has 2 heterocycles. The fraction of sp³-hybridized carbons (Fsp3) is 0.0400. The summed E-state index contributed by atoms with van der Waals surface area (Å²) in [4.78, 5) is 9.08. The number of hydrogen-bond acceptors (Lipinski definition) is 4. The highest BCUT2D eigenvalue weighted by atomic mass is 16.3. The van der Waals surface area contributed by atoms with Crippen LogP contribution in [0.2, 0.25) is 0 Å². The van der Waals surface area contributed by atoms with Crippen molar-refractivity contribution in [1.29, 1.82) is 0 Å². The molecule has 0 atom stereocenters. The van der Waals surface area contributed by atoms with Gasteiger partial charge >= 0.3 is 0 Å². The fourth-order valence-corrected chi connectivity index (χ4v) is 3.60. The molecule has 0 aliphatic heterocycles. The maximum atomic E-state index is 9.46. The van der Waals surface area contributed by atoms with Gasteiger partial charge in [0.2, 0.25) is 5.95 Å². The first-order valence-electron chi connectivity index (χ1n) is 9.77. The number of anilines is 2. The van der Waals surface area contributed by atoms with Crippen LogP contribution in [0.4, 0.5) is 11.6 Å². The molecule has 2 aromatic heterocycles. The van der Waals surface area contributed by atoms with Crippen LogP contribution in [-0.4, -0.2) is 19.6 Å². The number of nitrogens with zero attached hydrogens (tertiary/aromatic N) is 3. The zero-order valence-corrected chi connectivity index (χ0v) is 16.2. The van der Waals surface area contributed by atoms with Crippen LogP contribution in [0.3, 0.4) is 0 Å².